The van der Waals surface area contributed by atoms with E-state index < -0.39 is 5.97 Å². The van der Waals surface area contributed by atoms with Crippen LogP contribution < -0.4 is 11.5 Å². The average Bonchev–Trinajstić information content (AvgIpc) is 2.01. The van der Waals surface area contributed by atoms with Crippen LogP contribution in [0.2, 0.25) is 0 Å². The standard InChI is InChI=1S/C10H14N2O2/c11-8-3-1-2-7(4-8)5-9(12)6-10(13)14/h1-4,9H,5-6,11-12H2,(H,13,14)/t9-/m0/s1. The summed E-state index contributed by atoms with van der Waals surface area (Å²) in [6.07, 6.45) is 0.520. The van der Waals surface area contributed by atoms with Crippen molar-refractivity contribution in [1.82, 2.24) is 0 Å². The molecule has 4 nitrogen and oxygen atoms in total. The Labute approximate surface area is 82.5 Å². The van der Waals surface area contributed by atoms with Crippen molar-refractivity contribution < 1.29 is 9.90 Å². The average molecular weight is 194 g/mol. The Kier molecular flexibility index (Phi) is 3.48. The SMILES string of the molecule is Nc1cccc(C[C@H](N)CC(=O)O)c1. The van der Waals surface area contributed by atoms with E-state index in [2.05, 4.69) is 0 Å². The van der Waals surface area contributed by atoms with Crippen LogP contribution in [-0.2, 0) is 11.2 Å². The van der Waals surface area contributed by atoms with Crippen molar-refractivity contribution >= 4 is 11.7 Å². The number of carboxylic acids is 1. The van der Waals surface area contributed by atoms with Crippen molar-refractivity contribution in [3.05, 3.63) is 29.8 Å². The van der Waals surface area contributed by atoms with Gasteiger partial charge in [-0.3, -0.25) is 4.79 Å². The molecule has 76 valence electrons. The van der Waals surface area contributed by atoms with Gasteiger partial charge in [-0.15, -0.1) is 0 Å². The van der Waals surface area contributed by atoms with Crippen molar-refractivity contribution in [2.45, 2.75) is 18.9 Å². The minimum Gasteiger partial charge on any atom is -0.481 e. The summed E-state index contributed by atoms with van der Waals surface area (Å²) in [5, 5.41) is 8.51. The quantitative estimate of drug-likeness (QED) is 0.613. The van der Waals surface area contributed by atoms with Crippen molar-refractivity contribution in [3.8, 4) is 0 Å². The fourth-order valence-electron chi connectivity index (χ4n) is 1.32. The third kappa shape index (κ3) is 3.45. The van der Waals surface area contributed by atoms with Gasteiger partial charge in [0.05, 0.1) is 6.42 Å². The lowest BCUT2D eigenvalue weighted by atomic mass is 10.0. The van der Waals surface area contributed by atoms with Gasteiger partial charge < -0.3 is 16.6 Å². The number of nitrogen functional groups attached to an aromatic ring is 1. The minimum absolute atomic E-state index is 0.0190. The largest absolute Gasteiger partial charge is 0.481 e. The third-order valence-electron chi connectivity index (χ3n) is 1.89. The van der Waals surface area contributed by atoms with Crippen LogP contribution in [0.5, 0.6) is 0 Å². The molecule has 0 aliphatic heterocycles. The number of carbonyl (C=O) groups is 1. The zero-order chi connectivity index (χ0) is 10.6. The smallest absolute Gasteiger partial charge is 0.304 e. The summed E-state index contributed by atoms with van der Waals surface area (Å²) >= 11 is 0. The summed E-state index contributed by atoms with van der Waals surface area (Å²) in [4.78, 5) is 10.4. The number of rotatable bonds is 4. The normalized spacial score (nSPS) is 12.4. The zero-order valence-electron chi connectivity index (χ0n) is 7.81. The van der Waals surface area contributed by atoms with Crippen LogP contribution in [0.15, 0.2) is 24.3 Å². The summed E-state index contributed by atoms with van der Waals surface area (Å²) in [6.45, 7) is 0. The summed E-state index contributed by atoms with van der Waals surface area (Å²) in [6, 6.07) is 6.96. The first-order valence-corrected chi connectivity index (χ1v) is 4.39. The number of anilines is 1. The molecular weight excluding hydrogens is 180 g/mol. The molecule has 0 radical (unpaired) electrons. The highest BCUT2D eigenvalue weighted by Crippen LogP contribution is 2.09. The fraction of sp³-hybridized carbons (Fsp3) is 0.300. The molecule has 0 bridgehead atoms. The summed E-state index contributed by atoms with van der Waals surface area (Å²) in [7, 11) is 0. The molecule has 0 spiro atoms. The highest BCUT2D eigenvalue weighted by Gasteiger charge is 2.08. The van der Waals surface area contributed by atoms with E-state index in [4.69, 9.17) is 16.6 Å². The lowest BCUT2D eigenvalue weighted by molar-refractivity contribution is -0.137. The predicted molar refractivity (Wildman–Crippen MR) is 54.8 cm³/mol. The molecule has 1 aromatic rings. The molecule has 0 aromatic heterocycles. The number of hydrogen-bond donors (Lipinski definition) is 3. The Hall–Kier alpha value is -1.55. The van der Waals surface area contributed by atoms with Gasteiger partial charge in [0, 0.05) is 11.7 Å². The van der Waals surface area contributed by atoms with Crippen LogP contribution in [0.3, 0.4) is 0 Å². The lowest BCUT2D eigenvalue weighted by Crippen LogP contribution is -2.26. The number of benzene rings is 1. The molecule has 1 aromatic carbocycles. The van der Waals surface area contributed by atoms with Crippen molar-refractivity contribution in [2.24, 2.45) is 5.73 Å². The van der Waals surface area contributed by atoms with Gasteiger partial charge in [-0.05, 0) is 24.1 Å². The van der Waals surface area contributed by atoms with E-state index in [0.29, 0.717) is 12.1 Å². The molecule has 0 saturated carbocycles. The first-order chi connectivity index (χ1) is 6.58. The molecule has 0 saturated heterocycles. The second kappa shape index (κ2) is 4.62. The number of carboxylic acid groups (broad SMARTS) is 1. The monoisotopic (exact) mass is 194 g/mol. The number of nitrogens with two attached hydrogens (primary N) is 2. The Morgan fingerprint density at radius 2 is 2.21 bits per heavy atom. The minimum atomic E-state index is -0.874. The Balaban J connectivity index is 2.55. The van der Waals surface area contributed by atoms with Gasteiger partial charge in [-0.25, -0.2) is 0 Å². The summed E-state index contributed by atoms with van der Waals surface area (Å²) in [5.41, 5.74) is 12.9. The van der Waals surface area contributed by atoms with E-state index in [1.54, 1.807) is 6.07 Å². The van der Waals surface area contributed by atoms with Gasteiger partial charge in [0.15, 0.2) is 0 Å². The second-order valence-corrected chi connectivity index (χ2v) is 3.31. The fourth-order valence-corrected chi connectivity index (χ4v) is 1.32. The molecule has 5 N–H and O–H groups in total. The molecule has 4 heteroatoms. The molecular formula is C10H14N2O2. The van der Waals surface area contributed by atoms with Crippen LogP contribution in [0.1, 0.15) is 12.0 Å². The second-order valence-electron chi connectivity index (χ2n) is 3.31. The van der Waals surface area contributed by atoms with E-state index in [1.165, 1.54) is 0 Å². The van der Waals surface area contributed by atoms with E-state index in [1.807, 2.05) is 18.2 Å². The first kappa shape index (κ1) is 10.5. The van der Waals surface area contributed by atoms with Crippen LogP contribution in [0, 0.1) is 0 Å². The van der Waals surface area contributed by atoms with Gasteiger partial charge in [-0.2, -0.15) is 0 Å². The molecule has 1 atom stereocenters. The number of aliphatic carboxylic acids is 1. The van der Waals surface area contributed by atoms with Gasteiger partial charge in [0.2, 0.25) is 0 Å². The van der Waals surface area contributed by atoms with Crippen LogP contribution >= 0.6 is 0 Å². The maximum Gasteiger partial charge on any atom is 0.304 e. The number of hydrogen-bond acceptors (Lipinski definition) is 3. The molecule has 0 unspecified atom stereocenters. The molecule has 0 fully saturated rings. The van der Waals surface area contributed by atoms with Crippen molar-refractivity contribution in [2.75, 3.05) is 5.73 Å². The van der Waals surface area contributed by atoms with E-state index in [9.17, 15) is 4.79 Å². The summed E-state index contributed by atoms with van der Waals surface area (Å²) < 4.78 is 0. The maximum absolute atomic E-state index is 10.4. The van der Waals surface area contributed by atoms with Crippen molar-refractivity contribution in [3.63, 3.8) is 0 Å². The molecule has 14 heavy (non-hydrogen) atoms. The summed E-state index contributed by atoms with van der Waals surface area (Å²) in [5.74, 6) is -0.874. The van der Waals surface area contributed by atoms with E-state index >= 15 is 0 Å². The van der Waals surface area contributed by atoms with Gasteiger partial charge in [-0.1, -0.05) is 12.1 Å². The van der Waals surface area contributed by atoms with E-state index in [0.717, 1.165) is 5.56 Å². The van der Waals surface area contributed by atoms with Crippen LogP contribution in [0.4, 0.5) is 5.69 Å². The Bertz CT molecular complexity index is 326. The molecule has 0 aliphatic rings. The van der Waals surface area contributed by atoms with Gasteiger partial charge in [0.1, 0.15) is 0 Å². The van der Waals surface area contributed by atoms with Gasteiger partial charge in [0.25, 0.3) is 0 Å². The molecule has 1 rings (SSSR count). The van der Waals surface area contributed by atoms with Crippen molar-refractivity contribution in [1.29, 1.82) is 0 Å². The zero-order valence-corrected chi connectivity index (χ0v) is 7.81. The molecule has 0 aliphatic carbocycles. The highest BCUT2D eigenvalue weighted by molar-refractivity contribution is 5.67. The Morgan fingerprint density at radius 1 is 1.50 bits per heavy atom. The van der Waals surface area contributed by atoms with Crippen LogP contribution in [0.25, 0.3) is 0 Å². The van der Waals surface area contributed by atoms with E-state index in [-0.39, 0.29) is 12.5 Å². The Morgan fingerprint density at radius 3 is 2.79 bits per heavy atom. The highest BCUT2D eigenvalue weighted by atomic mass is 16.4. The molecule has 0 amide bonds. The first-order valence-electron chi connectivity index (χ1n) is 4.39. The topological polar surface area (TPSA) is 89.3 Å². The maximum atomic E-state index is 10.4. The lowest BCUT2D eigenvalue weighted by Gasteiger charge is -2.08. The third-order valence-corrected chi connectivity index (χ3v) is 1.89. The van der Waals surface area contributed by atoms with Gasteiger partial charge >= 0.3 is 5.97 Å². The predicted octanol–water partition coefficient (Wildman–Crippen LogP) is 0.613. The van der Waals surface area contributed by atoms with Crippen LogP contribution in [-0.4, -0.2) is 17.1 Å². The molecule has 0 heterocycles.